The van der Waals surface area contributed by atoms with Crippen molar-refractivity contribution in [2.24, 2.45) is 0 Å². The number of nitrogens with zero attached hydrogens (tertiary/aromatic N) is 2. The summed E-state index contributed by atoms with van der Waals surface area (Å²) < 4.78 is 19.8. The monoisotopic (exact) mass is 245 g/mol. The second-order valence-electron chi connectivity index (χ2n) is 4.17. The van der Waals surface area contributed by atoms with Crippen molar-refractivity contribution < 1.29 is 14.2 Å². The number of aliphatic hydroxyl groups excluding tert-OH is 1. The first-order chi connectivity index (χ1) is 7.88. The standard InChI is InChI=1S/C9H12FN3O4/c1-8(2-3-9(10,4-14)17-8)13-5-11-6(15)12-7(13)16/h5,14H,2-4H2,1H3,(H,12,15,16)/t8-,9+/m1/s1. The number of halogens is 1. The number of alkyl halides is 1. The van der Waals surface area contributed by atoms with Crippen molar-refractivity contribution in [3.8, 4) is 0 Å². The lowest BCUT2D eigenvalue weighted by atomic mass is 10.1. The van der Waals surface area contributed by atoms with Crippen LogP contribution in [-0.2, 0) is 10.5 Å². The van der Waals surface area contributed by atoms with E-state index in [-0.39, 0.29) is 12.8 Å². The first kappa shape index (κ1) is 11.9. The van der Waals surface area contributed by atoms with E-state index in [0.717, 1.165) is 10.9 Å². The zero-order valence-electron chi connectivity index (χ0n) is 9.14. The molecule has 0 radical (unpaired) electrons. The molecule has 94 valence electrons. The SMILES string of the molecule is C[C@]1(n2cnc(=O)[nH]c2=O)CC[C@@](F)(CO)O1. The Balaban J connectivity index is 2.41. The van der Waals surface area contributed by atoms with Gasteiger partial charge in [0.25, 0.3) is 0 Å². The summed E-state index contributed by atoms with van der Waals surface area (Å²) in [6.45, 7) is 0.708. The van der Waals surface area contributed by atoms with E-state index in [1.165, 1.54) is 6.92 Å². The Morgan fingerprint density at radius 1 is 1.65 bits per heavy atom. The van der Waals surface area contributed by atoms with Crippen molar-refractivity contribution in [2.75, 3.05) is 6.61 Å². The third kappa shape index (κ3) is 2.01. The van der Waals surface area contributed by atoms with Gasteiger partial charge in [-0.1, -0.05) is 0 Å². The number of hydrogen-bond donors (Lipinski definition) is 2. The molecule has 2 heterocycles. The van der Waals surface area contributed by atoms with E-state index in [1.807, 2.05) is 4.98 Å². The Labute approximate surface area is 94.9 Å². The van der Waals surface area contributed by atoms with Crippen LogP contribution in [0.3, 0.4) is 0 Å². The lowest BCUT2D eigenvalue weighted by Gasteiger charge is -2.27. The van der Waals surface area contributed by atoms with E-state index in [9.17, 15) is 14.0 Å². The Morgan fingerprint density at radius 3 is 2.88 bits per heavy atom. The van der Waals surface area contributed by atoms with Gasteiger partial charge in [0.15, 0.2) is 5.72 Å². The summed E-state index contributed by atoms with van der Waals surface area (Å²) in [5.74, 6) is -2.16. The van der Waals surface area contributed by atoms with Crippen molar-refractivity contribution in [2.45, 2.75) is 31.3 Å². The first-order valence-corrected chi connectivity index (χ1v) is 5.07. The summed E-state index contributed by atoms with van der Waals surface area (Å²) >= 11 is 0. The highest BCUT2D eigenvalue weighted by molar-refractivity contribution is 4.88. The molecule has 8 heteroatoms. The molecule has 1 aliphatic heterocycles. The number of aromatic amines is 1. The molecule has 1 aliphatic rings. The molecule has 1 saturated heterocycles. The van der Waals surface area contributed by atoms with Gasteiger partial charge >= 0.3 is 11.4 Å². The predicted molar refractivity (Wildman–Crippen MR) is 54.0 cm³/mol. The van der Waals surface area contributed by atoms with Crippen LogP contribution in [0.25, 0.3) is 0 Å². The maximum absolute atomic E-state index is 13.8. The number of aliphatic hydroxyl groups is 1. The predicted octanol–water partition coefficient (Wildman–Crippen LogP) is -0.927. The third-order valence-corrected chi connectivity index (χ3v) is 2.83. The maximum Gasteiger partial charge on any atom is 0.350 e. The van der Waals surface area contributed by atoms with Crippen LogP contribution in [0.5, 0.6) is 0 Å². The van der Waals surface area contributed by atoms with Crippen molar-refractivity contribution >= 4 is 0 Å². The van der Waals surface area contributed by atoms with E-state index in [1.54, 1.807) is 0 Å². The molecule has 0 aliphatic carbocycles. The molecule has 0 unspecified atom stereocenters. The summed E-state index contributed by atoms with van der Waals surface area (Å²) in [6, 6.07) is 0. The van der Waals surface area contributed by atoms with Crippen LogP contribution in [-0.4, -0.2) is 32.1 Å². The normalized spacial score (nSPS) is 32.9. The highest BCUT2D eigenvalue weighted by atomic mass is 19.2. The maximum atomic E-state index is 13.8. The van der Waals surface area contributed by atoms with Crippen LogP contribution >= 0.6 is 0 Å². The Morgan fingerprint density at radius 2 is 2.35 bits per heavy atom. The van der Waals surface area contributed by atoms with Crippen LogP contribution in [0.4, 0.5) is 4.39 Å². The minimum Gasteiger partial charge on any atom is -0.390 e. The molecule has 1 aromatic heterocycles. The molecule has 0 saturated carbocycles. The fourth-order valence-electron chi connectivity index (χ4n) is 1.88. The second kappa shape index (κ2) is 3.74. The number of aromatic nitrogens is 3. The largest absolute Gasteiger partial charge is 0.390 e. The molecule has 0 bridgehead atoms. The zero-order valence-corrected chi connectivity index (χ0v) is 9.14. The molecule has 1 aromatic rings. The number of rotatable bonds is 2. The molecule has 2 rings (SSSR count). The Bertz CT molecular complexity index is 542. The Hall–Kier alpha value is -1.54. The van der Waals surface area contributed by atoms with Gasteiger partial charge in [0.2, 0.25) is 5.85 Å². The quantitative estimate of drug-likeness (QED) is 0.701. The highest BCUT2D eigenvalue weighted by Crippen LogP contribution is 2.40. The first-order valence-electron chi connectivity index (χ1n) is 5.07. The van der Waals surface area contributed by atoms with Gasteiger partial charge in [0.05, 0.1) is 0 Å². The minimum absolute atomic E-state index is 0.0361. The van der Waals surface area contributed by atoms with E-state index in [2.05, 4.69) is 4.98 Å². The van der Waals surface area contributed by atoms with Gasteiger partial charge in [-0.05, 0) is 6.92 Å². The number of H-pyrrole nitrogens is 1. The molecule has 7 nitrogen and oxygen atoms in total. The minimum atomic E-state index is -2.16. The van der Waals surface area contributed by atoms with E-state index < -0.39 is 29.6 Å². The lowest BCUT2D eigenvalue weighted by Crippen LogP contribution is -2.44. The number of hydrogen-bond acceptors (Lipinski definition) is 5. The van der Waals surface area contributed by atoms with E-state index >= 15 is 0 Å². The van der Waals surface area contributed by atoms with Gasteiger partial charge in [0, 0.05) is 12.8 Å². The van der Waals surface area contributed by atoms with Crippen LogP contribution < -0.4 is 11.4 Å². The van der Waals surface area contributed by atoms with Gasteiger partial charge in [-0.2, -0.15) is 4.98 Å². The molecule has 1 fully saturated rings. The molecular weight excluding hydrogens is 233 g/mol. The summed E-state index contributed by atoms with van der Waals surface area (Å²) in [7, 11) is 0. The molecular formula is C9H12FN3O4. The fraction of sp³-hybridized carbons (Fsp3) is 0.667. The molecule has 0 amide bonds. The molecule has 0 aromatic carbocycles. The molecule has 17 heavy (non-hydrogen) atoms. The van der Waals surface area contributed by atoms with Gasteiger partial charge in [-0.25, -0.2) is 14.0 Å². The molecule has 2 atom stereocenters. The van der Waals surface area contributed by atoms with E-state index in [4.69, 9.17) is 9.84 Å². The fourth-order valence-corrected chi connectivity index (χ4v) is 1.88. The summed E-state index contributed by atoms with van der Waals surface area (Å²) in [5, 5.41) is 8.86. The van der Waals surface area contributed by atoms with Crippen molar-refractivity contribution in [3.63, 3.8) is 0 Å². The third-order valence-electron chi connectivity index (χ3n) is 2.83. The van der Waals surface area contributed by atoms with Crippen LogP contribution in [0, 0.1) is 0 Å². The average Bonchev–Trinajstić information content (AvgIpc) is 2.57. The molecule has 0 spiro atoms. The summed E-state index contributed by atoms with van der Waals surface area (Å²) in [5.41, 5.74) is -2.76. The van der Waals surface area contributed by atoms with Crippen LogP contribution in [0.15, 0.2) is 15.9 Å². The zero-order chi connectivity index (χ0) is 12.7. The van der Waals surface area contributed by atoms with Gasteiger partial charge in [0.1, 0.15) is 12.9 Å². The number of ether oxygens (including phenoxy) is 1. The van der Waals surface area contributed by atoms with Gasteiger partial charge in [-0.3, -0.25) is 9.55 Å². The van der Waals surface area contributed by atoms with Crippen LogP contribution in [0.2, 0.25) is 0 Å². The van der Waals surface area contributed by atoms with Gasteiger partial charge < -0.3 is 9.84 Å². The summed E-state index contributed by atoms with van der Waals surface area (Å²) in [4.78, 5) is 27.7. The van der Waals surface area contributed by atoms with Gasteiger partial charge in [-0.15, -0.1) is 0 Å². The summed E-state index contributed by atoms with van der Waals surface area (Å²) in [6.07, 6.45) is 1.16. The smallest absolute Gasteiger partial charge is 0.350 e. The second-order valence-corrected chi connectivity index (χ2v) is 4.17. The highest BCUT2D eigenvalue weighted by Gasteiger charge is 2.48. The topological polar surface area (TPSA) is 97.2 Å². The average molecular weight is 245 g/mol. The van der Waals surface area contributed by atoms with Crippen LogP contribution in [0.1, 0.15) is 19.8 Å². The lowest BCUT2D eigenvalue weighted by molar-refractivity contribution is -0.218. The van der Waals surface area contributed by atoms with Crippen molar-refractivity contribution in [1.82, 2.24) is 14.5 Å². The van der Waals surface area contributed by atoms with E-state index in [0.29, 0.717) is 0 Å². The number of nitrogens with one attached hydrogen (secondary N) is 1. The molecule has 2 N–H and O–H groups in total. The van der Waals surface area contributed by atoms with Crippen molar-refractivity contribution in [1.29, 1.82) is 0 Å². The Kier molecular flexibility index (Phi) is 2.63. The van der Waals surface area contributed by atoms with Crippen molar-refractivity contribution in [3.05, 3.63) is 27.3 Å².